The van der Waals surface area contributed by atoms with Crippen LogP contribution in [0.1, 0.15) is 39.3 Å². The van der Waals surface area contributed by atoms with Crippen molar-refractivity contribution < 1.29 is 43.0 Å². The SMILES string of the molecule is C.CN1CCN(c2n[nH]c3cc(C(=O)[O-])ccc23)CC1.COc1ccccc1CN.COc1ccccc1CNC(=O)c1ccc2c(N3CCN(C)CC3)n[nH]c2c1.[Li+]. The van der Waals surface area contributed by atoms with Gasteiger partial charge in [-0.05, 0) is 62.1 Å². The van der Waals surface area contributed by atoms with E-state index in [0.717, 1.165) is 108 Å². The average Bonchev–Trinajstić information content (AvgIpc) is 3.88. The molecule has 0 saturated carbocycles. The van der Waals surface area contributed by atoms with Crippen molar-refractivity contribution >= 4 is 45.3 Å². The van der Waals surface area contributed by atoms with Crippen LogP contribution < -0.4 is 54.3 Å². The first kappa shape index (κ1) is 46.1. The number of para-hydroxylation sites is 2. The maximum atomic E-state index is 12.6. The number of aromatic amines is 2. The number of carboxylic acid groups (broad SMARTS) is 1. The van der Waals surface area contributed by atoms with Gasteiger partial charge in [-0.1, -0.05) is 49.9 Å². The smallest absolute Gasteiger partial charge is 0.545 e. The first-order valence-electron chi connectivity index (χ1n) is 19.0. The molecular formula is C43H55LiN10O5. The fourth-order valence-corrected chi connectivity index (χ4v) is 6.80. The Hall–Kier alpha value is -5.56. The number of likely N-dealkylation sites (N-methyl/N-ethyl adjacent to an activating group) is 2. The van der Waals surface area contributed by atoms with Crippen LogP contribution in [0.4, 0.5) is 11.6 Å². The third-order valence-corrected chi connectivity index (χ3v) is 10.2. The van der Waals surface area contributed by atoms with Crippen molar-refractivity contribution in [1.82, 2.24) is 35.5 Å². The summed E-state index contributed by atoms with van der Waals surface area (Å²) in [7, 11) is 7.52. The molecule has 0 aliphatic carbocycles. The predicted octanol–water partition coefficient (Wildman–Crippen LogP) is 0.726. The molecule has 2 saturated heterocycles. The second kappa shape index (κ2) is 22.0. The van der Waals surface area contributed by atoms with Gasteiger partial charge in [-0.25, -0.2) is 0 Å². The Morgan fingerprint density at radius 1 is 0.695 bits per heavy atom. The standard InChI is InChI=1S/C21H25N5O2.C13H16N4O2.C8H11NO.CH4.Li/c1-25-9-11-26(12-10-25)20-17-8-7-15(13-18(17)23-24-20)21(27)22-14-16-5-3-4-6-19(16)28-2;1-16-4-6-17(7-5-16)12-10-3-2-9(13(18)19)8-11(10)14-15-12;1-10-8-5-3-2-4-7(8)6-9;;/h3-8,13H,9-12,14H2,1-2H3,(H,22,27)(H,23,24);2-3,8H,4-7H2,1H3,(H,14,15)(H,18,19);2-5H,6,9H2,1H3;1H4;/q;;;;+1/p-1. The zero-order valence-electron chi connectivity index (χ0n) is 34.0. The number of benzene rings is 4. The largest absolute Gasteiger partial charge is 1.00 e. The summed E-state index contributed by atoms with van der Waals surface area (Å²) in [5, 5.41) is 30.6. The molecule has 0 bridgehead atoms. The van der Waals surface area contributed by atoms with Crippen LogP contribution >= 0.6 is 0 Å². The van der Waals surface area contributed by atoms with E-state index in [0.29, 0.717) is 18.7 Å². The zero-order chi connectivity index (χ0) is 40.3. The Kier molecular flexibility index (Phi) is 17.2. The van der Waals surface area contributed by atoms with Gasteiger partial charge in [-0.2, -0.15) is 10.2 Å². The number of fused-ring (bicyclic) bond motifs is 2. The molecule has 2 aliphatic rings. The van der Waals surface area contributed by atoms with Crippen molar-refractivity contribution in [2.24, 2.45) is 5.73 Å². The Labute approximate surface area is 358 Å². The Bertz CT molecular complexity index is 2240. The van der Waals surface area contributed by atoms with Crippen molar-refractivity contribution in [3.8, 4) is 11.5 Å². The molecule has 2 aromatic heterocycles. The molecule has 8 rings (SSSR count). The molecule has 4 heterocycles. The fourth-order valence-electron chi connectivity index (χ4n) is 6.80. The van der Waals surface area contributed by atoms with Crippen molar-refractivity contribution in [2.45, 2.75) is 20.5 Å². The van der Waals surface area contributed by atoms with Gasteiger partial charge >= 0.3 is 18.9 Å². The predicted molar refractivity (Wildman–Crippen MR) is 228 cm³/mol. The molecule has 0 atom stereocenters. The van der Waals surface area contributed by atoms with Crippen LogP contribution in [-0.4, -0.2) is 123 Å². The molecule has 2 aliphatic heterocycles. The molecule has 2 fully saturated rings. The van der Waals surface area contributed by atoms with Gasteiger partial charge in [-0.15, -0.1) is 0 Å². The maximum absolute atomic E-state index is 12.6. The Balaban J connectivity index is 0.000000214. The van der Waals surface area contributed by atoms with Gasteiger partial charge in [0.05, 0.1) is 31.2 Å². The topological polar surface area (TPSA) is 184 Å². The number of nitrogens with one attached hydrogen (secondary N) is 3. The Morgan fingerprint density at radius 3 is 1.59 bits per heavy atom. The van der Waals surface area contributed by atoms with Gasteiger partial charge in [0.2, 0.25) is 0 Å². The van der Waals surface area contributed by atoms with E-state index < -0.39 is 5.97 Å². The molecule has 6 aromatic rings. The second-order valence-electron chi connectivity index (χ2n) is 14.0. The van der Waals surface area contributed by atoms with Crippen LogP contribution in [-0.2, 0) is 13.1 Å². The van der Waals surface area contributed by atoms with Gasteiger partial charge < -0.3 is 50.0 Å². The van der Waals surface area contributed by atoms with Gasteiger partial charge in [-0.3, -0.25) is 15.0 Å². The van der Waals surface area contributed by atoms with Crippen molar-refractivity contribution in [1.29, 1.82) is 0 Å². The third kappa shape index (κ3) is 11.6. The number of methoxy groups -OCH3 is 2. The molecular weight excluding hydrogens is 743 g/mol. The normalized spacial score (nSPS) is 14.2. The molecule has 59 heavy (non-hydrogen) atoms. The Morgan fingerprint density at radius 2 is 1.14 bits per heavy atom. The number of nitrogens with two attached hydrogens (primary N) is 1. The zero-order valence-corrected chi connectivity index (χ0v) is 34.0. The summed E-state index contributed by atoms with van der Waals surface area (Å²) in [6, 6.07) is 26.0. The van der Waals surface area contributed by atoms with E-state index in [2.05, 4.69) is 59.4 Å². The van der Waals surface area contributed by atoms with Crippen LogP contribution in [0, 0.1) is 0 Å². The van der Waals surface area contributed by atoms with Crippen LogP contribution in [0.5, 0.6) is 11.5 Å². The minimum atomic E-state index is -1.17. The van der Waals surface area contributed by atoms with E-state index in [-0.39, 0.29) is 37.8 Å². The first-order chi connectivity index (χ1) is 27.7. The van der Waals surface area contributed by atoms with E-state index in [1.165, 1.54) is 0 Å². The van der Waals surface area contributed by atoms with Gasteiger partial charge in [0.25, 0.3) is 5.91 Å². The minimum absolute atomic E-state index is 0. The van der Waals surface area contributed by atoms with Crippen molar-refractivity contribution in [2.75, 3.05) is 90.5 Å². The van der Waals surface area contributed by atoms with Crippen LogP contribution in [0.2, 0.25) is 0 Å². The number of piperazine rings is 2. The summed E-state index contributed by atoms with van der Waals surface area (Å²) in [5.41, 5.74) is 9.82. The molecule has 5 N–H and O–H groups in total. The monoisotopic (exact) mass is 798 g/mol. The van der Waals surface area contributed by atoms with Crippen LogP contribution in [0.3, 0.4) is 0 Å². The number of H-pyrrole nitrogens is 2. The van der Waals surface area contributed by atoms with Crippen LogP contribution in [0.15, 0.2) is 84.9 Å². The number of aromatic nitrogens is 4. The summed E-state index contributed by atoms with van der Waals surface area (Å²) >= 11 is 0. The van der Waals surface area contributed by atoms with E-state index in [1.54, 1.807) is 32.4 Å². The number of nitrogens with zero attached hydrogens (tertiary/aromatic N) is 6. The molecule has 15 nitrogen and oxygen atoms in total. The number of rotatable bonds is 9. The quantitative estimate of drug-likeness (QED) is 0.151. The number of carbonyl (C=O) groups is 2. The molecule has 1 amide bonds. The number of hydrogen-bond donors (Lipinski definition) is 4. The number of hydrogen-bond acceptors (Lipinski definition) is 12. The summed E-state index contributed by atoms with van der Waals surface area (Å²) in [5.74, 6) is 2.20. The molecule has 4 aromatic carbocycles. The molecule has 16 heteroatoms. The number of anilines is 2. The molecule has 0 spiro atoms. The molecule has 308 valence electrons. The third-order valence-electron chi connectivity index (χ3n) is 10.2. The fraction of sp³-hybridized carbons (Fsp3) is 0.349. The minimum Gasteiger partial charge on any atom is -0.545 e. The van der Waals surface area contributed by atoms with Gasteiger partial charge in [0.1, 0.15) is 11.5 Å². The average molecular weight is 799 g/mol. The van der Waals surface area contributed by atoms with E-state index in [9.17, 15) is 14.7 Å². The van der Waals surface area contributed by atoms with Crippen LogP contribution in [0.25, 0.3) is 21.8 Å². The second-order valence-corrected chi connectivity index (χ2v) is 14.0. The maximum Gasteiger partial charge on any atom is 1.00 e. The summed E-state index contributed by atoms with van der Waals surface area (Å²) < 4.78 is 10.4. The van der Waals surface area contributed by atoms with Gasteiger partial charge in [0, 0.05) is 92.9 Å². The summed E-state index contributed by atoms with van der Waals surface area (Å²) in [6.45, 7) is 8.78. The number of carboxylic acids is 1. The number of amides is 1. The van der Waals surface area contributed by atoms with Crippen molar-refractivity contribution in [3.05, 3.63) is 107 Å². The van der Waals surface area contributed by atoms with E-state index in [1.807, 2.05) is 66.7 Å². The number of carbonyl (C=O) groups excluding carboxylic acids is 2. The molecule has 0 radical (unpaired) electrons. The van der Waals surface area contributed by atoms with E-state index >= 15 is 0 Å². The van der Waals surface area contributed by atoms with Crippen molar-refractivity contribution in [3.63, 3.8) is 0 Å². The number of aromatic carboxylic acids is 1. The first-order valence-corrected chi connectivity index (χ1v) is 19.0. The van der Waals surface area contributed by atoms with E-state index in [4.69, 9.17) is 15.2 Å². The molecule has 0 unspecified atom stereocenters. The number of ether oxygens (including phenoxy) is 2. The summed E-state index contributed by atoms with van der Waals surface area (Å²) in [4.78, 5) is 32.5. The van der Waals surface area contributed by atoms with Gasteiger partial charge in [0.15, 0.2) is 11.6 Å². The summed E-state index contributed by atoms with van der Waals surface area (Å²) in [6.07, 6.45) is 0.